The second-order valence-corrected chi connectivity index (χ2v) is 4.97. The fourth-order valence-corrected chi connectivity index (χ4v) is 1.80. The largest absolute Gasteiger partial charge is 0.297 e. The van der Waals surface area contributed by atoms with Crippen LogP contribution < -0.4 is 10.4 Å². The van der Waals surface area contributed by atoms with Gasteiger partial charge in [0.05, 0.1) is 5.69 Å². The summed E-state index contributed by atoms with van der Waals surface area (Å²) >= 11 is 0. The molecular weight excluding hydrogens is 269 g/mol. The molecule has 1 aromatic carbocycles. The third kappa shape index (κ3) is 4.14. The number of anilines is 2. The van der Waals surface area contributed by atoms with Gasteiger partial charge in [0.1, 0.15) is 11.9 Å². The molecule has 0 unspecified atom stereocenters. The number of halogens is 1. The van der Waals surface area contributed by atoms with Crippen LogP contribution in [0.3, 0.4) is 0 Å². The highest BCUT2D eigenvalue weighted by molar-refractivity contribution is 5.51. The molecule has 0 aliphatic heterocycles. The van der Waals surface area contributed by atoms with Gasteiger partial charge in [-0.1, -0.05) is 13.8 Å². The first-order valence-electron chi connectivity index (χ1n) is 6.61. The molecule has 0 atom stereocenters. The molecule has 108 valence electrons. The predicted octanol–water partition coefficient (Wildman–Crippen LogP) is 2.98. The summed E-state index contributed by atoms with van der Waals surface area (Å²) < 4.78 is 13.0. The van der Waals surface area contributed by atoms with E-state index < -0.39 is 0 Å². The van der Waals surface area contributed by atoms with Crippen molar-refractivity contribution in [3.63, 3.8) is 0 Å². The van der Waals surface area contributed by atoms with E-state index in [-0.39, 0.29) is 11.6 Å². The van der Waals surface area contributed by atoms with E-state index in [9.17, 15) is 4.39 Å². The Morgan fingerprint density at radius 2 is 2.00 bits per heavy atom. The summed E-state index contributed by atoms with van der Waals surface area (Å²) in [6.45, 7) is 4.83. The number of hydrogen-bond acceptors (Lipinski definition) is 5. The Balaban J connectivity index is 2.25. The van der Waals surface area contributed by atoms with Crippen LogP contribution in [-0.4, -0.2) is 16.5 Å². The van der Waals surface area contributed by atoms with Crippen molar-refractivity contribution >= 4 is 11.5 Å². The molecule has 0 bridgehead atoms. The number of nitrogens with one attached hydrogen (secondary N) is 1. The lowest BCUT2D eigenvalue weighted by Crippen LogP contribution is -2.34. The summed E-state index contributed by atoms with van der Waals surface area (Å²) in [7, 11) is 0. The van der Waals surface area contributed by atoms with Gasteiger partial charge in [0.25, 0.3) is 0 Å². The molecule has 6 heteroatoms. The van der Waals surface area contributed by atoms with Crippen LogP contribution in [0.15, 0.2) is 36.5 Å². The first-order chi connectivity index (χ1) is 10.1. The minimum absolute atomic E-state index is 0.113. The fourth-order valence-electron chi connectivity index (χ4n) is 1.80. The standard InChI is InChI=1S/C15H16FN5/c1-11(2)10-21(15-7-8-18-14(9-17)19-15)20-13-5-3-12(16)4-6-13/h3-8,11,20H,10H2,1-2H3. The smallest absolute Gasteiger partial charge is 0.234 e. The Morgan fingerprint density at radius 1 is 1.29 bits per heavy atom. The van der Waals surface area contributed by atoms with Crippen LogP contribution in [0.4, 0.5) is 15.9 Å². The van der Waals surface area contributed by atoms with Crippen molar-refractivity contribution in [2.75, 3.05) is 17.0 Å². The summed E-state index contributed by atoms with van der Waals surface area (Å²) in [5.41, 5.74) is 3.92. The Hall–Kier alpha value is -2.68. The molecule has 0 radical (unpaired) electrons. The molecule has 0 fully saturated rings. The molecule has 1 heterocycles. The van der Waals surface area contributed by atoms with Crippen LogP contribution in [0.5, 0.6) is 0 Å². The first-order valence-corrected chi connectivity index (χ1v) is 6.61. The summed E-state index contributed by atoms with van der Waals surface area (Å²) in [6, 6.07) is 9.71. The highest BCUT2D eigenvalue weighted by atomic mass is 19.1. The molecular formula is C15H16FN5. The van der Waals surface area contributed by atoms with Crippen LogP contribution in [0.25, 0.3) is 0 Å². The summed E-state index contributed by atoms with van der Waals surface area (Å²) in [4.78, 5) is 8.04. The summed E-state index contributed by atoms with van der Waals surface area (Å²) in [5, 5.41) is 10.7. The fraction of sp³-hybridized carbons (Fsp3) is 0.267. The van der Waals surface area contributed by atoms with Gasteiger partial charge in [-0.25, -0.2) is 9.37 Å². The number of nitrogens with zero attached hydrogens (tertiary/aromatic N) is 4. The van der Waals surface area contributed by atoms with E-state index in [2.05, 4.69) is 29.2 Å². The molecule has 0 spiro atoms. The molecule has 0 saturated carbocycles. The Bertz CT molecular complexity index is 633. The second-order valence-electron chi connectivity index (χ2n) is 4.97. The number of nitriles is 1. The third-order valence-electron chi connectivity index (χ3n) is 2.67. The zero-order valence-corrected chi connectivity index (χ0v) is 11.9. The molecule has 0 aliphatic carbocycles. The van der Waals surface area contributed by atoms with Crippen molar-refractivity contribution in [2.45, 2.75) is 13.8 Å². The van der Waals surface area contributed by atoms with Crippen LogP contribution in [0.1, 0.15) is 19.7 Å². The van der Waals surface area contributed by atoms with Gasteiger partial charge in [-0.3, -0.25) is 10.4 Å². The monoisotopic (exact) mass is 285 g/mol. The molecule has 0 amide bonds. The maximum Gasteiger partial charge on any atom is 0.234 e. The van der Waals surface area contributed by atoms with Gasteiger partial charge in [-0.2, -0.15) is 10.2 Å². The molecule has 5 nitrogen and oxygen atoms in total. The molecule has 1 aromatic heterocycles. The van der Waals surface area contributed by atoms with E-state index >= 15 is 0 Å². The van der Waals surface area contributed by atoms with Crippen LogP contribution in [0, 0.1) is 23.1 Å². The minimum Gasteiger partial charge on any atom is -0.297 e. The van der Waals surface area contributed by atoms with Gasteiger partial charge in [0.15, 0.2) is 5.82 Å². The van der Waals surface area contributed by atoms with E-state index in [0.29, 0.717) is 18.3 Å². The zero-order chi connectivity index (χ0) is 15.2. The minimum atomic E-state index is -0.287. The van der Waals surface area contributed by atoms with Crippen LogP contribution in [-0.2, 0) is 0 Å². The lowest BCUT2D eigenvalue weighted by molar-refractivity contribution is 0.625. The van der Waals surface area contributed by atoms with E-state index in [1.165, 1.54) is 12.1 Å². The Morgan fingerprint density at radius 3 is 2.62 bits per heavy atom. The Kier molecular flexibility index (Phi) is 4.67. The number of benzene rings is 1. The number of aromatic nitrogens is 2. The quantitative estimate of drug-likeness (QED) is 0.856. The highest BCUT2D eigenvalue weighted by Gasteiger charge is 2.11. The van der Waals surface area contributed by atoms with Gasteiger partial charge in [-0.15, -0.1) is 0 Å². The topological polar surface area (TPSA) is 64.8 Å². The van der Waals surface area contributed by atoms with Gasteiger partial charge >= 0.3 is 0 Å². The van der Waals surface area contributed by atoms with Gasteiger partial charge < -0.3 is 0 Å². The molecule has 0 saturated heterocycles. The number of hydrogen-bond donors (Lipinski definition) is 1. The van der Waals surface area contributed by atoms with Crippen LogP contribution in [0.2, 0.25) is 0 Å². The third-order valence-corrected chi connectivity index (χ3v) is 2.67. The molecule has 21 heavy (non-hydrogen) atoms. The average molecular weight is 285 g/mol. The van der Waals surface area contributed by atoms with Crippen molar-refractivity contribution < 1.29 is 4.39 Å². The first kappa shape index (κ1) is 14.7. The van der Waals surface area contributed by atoms with E-state index in [1.54, 1.807) is 24.4 Å². The lowest BCUT2D eigenvalue weighted by atomic mass is 10.2. The van der Waals surface area contributed by atoms with Gasteiger partial charge in [0, 0.05) is 18.8 Å². The second kappa shape index (κ2) is 6.66. The lowest BCUT2D eigenvalue weighted by Gasteiger charge is -2.27. The number of hydrazine groups is 1. The highest BCUT2D eigenvalue weighted by Crippen LogP contribution is 2.16. The van der Waals surface area contributed by atoms with Gasteiger partial charge in [0.2, 0.25) is 5.82 Å². The van der Waals surface area contributed by atoms with Crippen molar-refractivity contribution in [3.05, 3.63) is 48.2 Å². The van der Waals surface area contributed by atoms with Crippen molar-refractivity contribution in [1.29, 1.82) is 5.26 Å². The summed E-state index contributed by atoms with van der Waals surface area (Å²) in [6.07, 6.45) is 1.54. The van der Waals surface area contributed by atoms with Crippen molar-refractivity contribution in [2.24, 2.45) is 5.92 Å². The average Bonchev–Trinajstić information content (AvgIpc) is 2.48. The van der Waals surface area contributed by atoms with Crippen molar-refractivity contribution in [1.82, 2.24) is 9.97 Å². The predicted molar refractivity (Wildman–Crippen MR) is 79.0 cm³/mol. The maximum atomic E-state index is 13.0. The van der Waals surface area contributed by atoms with E-state index in [1.807, 2.05) is 11.1 Å². The SMILES string of the molecule is CC(C)CN(Nc1ccc(F)cc1)c1ccnc(C#N)n1. The molecule has 2 rings (SSSR count). The zero-order valence-electron chi connectivity index (χ0n) is 11.9. The van der Waals surface area contributed by atoms with Crippen LogP contribution >= 0.6 is 0 Å². The summed E-state index contributed by atoms with van der Waals surface area (Å²) in [5.74, 6) is 0.796. The normalized spacial score (nSPS) is 10.2. The Labute approximate surface area is 123 Å². The van der Waals surface area contributed by atoms with E-state index in [0.717, 1.165) is 5.69 Å². The molecule has 2 aromatic rings. The van der Waals surface area contributed by atoms with Crippen molar-refractivity contribution in [3.8, 4) is 6.07 Å². The molecule has 1 N–H and O–H groups in total. The number of rotatable bonds is 5. The van der Waals surface area contributed by atoms with Gasteiger partial charge in [-0.05, 0) is 30.2 Å². The molecule has 0 aliphatic rings. The van der Waals surface area contributed by atoms with E-state index in [4.69, 9.17) is 5.26 Å². The maximum absolute atomic E-state index is 13.0.